The van der Waals surface area contributed by atoms with Crippen LogP contribution in [0.15, 0.2) is 23.6 Å². The van der Waals surface area contributed by atoms with Gasteiger partial charge in [0.05, 0.1) is 5.56 Å². The molecule has 2 aromatic rings. The molecule has 1 aliphatic rings. The molecule has 1 atom stereocenters. The summed E-state index contributed by atoms with van der Waals surface area (Å²) in [5, 5.41) is 15.2. The number of nitriles is 1. The third-order valence-corrected chi connectivity index (χ3v) is 6.79. The van der Waals surface area contributed by atoms with Crippen LogP contribution in [0.2, 0.25) is 0 Å². The number of amides is 1. The molecule has 1 N–H and O–H groups in total. The lowest BCUT2D eigenvalue weighted by Crippen LogP contribution is -2.26. The van der Waals surface area contributed by atoms with Crippen molar-refractivity contribution in [1.29, 1.82) is 5.26 Å². The van der Waals surface area contributed by atoms with E-state index in [1.54, 1.807) is 28.7 Å². The monoisotopic (exact) mass is 370 g/mol. The number of thiophene rings is 2. The van der Waals surface area contributed by atoms with E-state index in [0.29, 0.717) is 16.5 Å². The summed E-state index contributed by atoms with van der Waals surface area (Å²) in [5.74, 6) is 0.434. The molecule has 1 aliphatic carbocycles. The van der Waals surface area contributed by atoms with E-state index in [-0.39, 0.29) is 11.3 Å². The second kappa shape index (κ2) is 7.15. The zero-order chi connectivity index (χ0) is 18.0. The van der Waals surface area contributed by atoms with Crippen molar-refractivity contribution >= 4 is 39.7 Å². The van der Waals surface area contributed by atoms with Crippen LogP contribution in [0.4, 0.5) is 5.00 Å². The van der Waals surface area contributed by atoms with Crippen molar-refractivity contribution in [2.45, 2.75) is 40.0 Å². The molecule has 1 amide bonds. The largest absolute Gasteiger partial charge is 0.313 e. The van der Waals surface area contributed by atoms with Gasteiger partial charge in [0.1, 0.15) is 11.1 Å². The second-order valence-corrected chi connectivity index (χ2v) is 9.55. The minimum atomic E-state index is -0.184. The van der Waals surface area contributed by atoms with Crippen LogP contribution in [0, 0.1) is 22.7 Å². The summed E-state index contributed by atoms with van der Waals surface area (Å²) in [6.45, 7) is 6.83. The van der Waals surface area contributed by atoms with E-state index in [4.69, 9.17) is 0 Å². The van der Waals surface area contributed by atoms with E-state index in [2.05, 4.69) is 32.2 Å². The summed E-state index contributed by atoms with van der Waals surface area (Å²) in [6, 6.07) is 6.22. The van der Waals surface area contributed by atoms with Gasteiger partial charge >= 0.3 is 0 Å². The van der Waals surface area contributed by atoms with E-state index in [1.165, 1.54) is 11.0 Å². The molecule has 0 bridgehead atoms. The number of carbonyl (C=O) groups is 1. The van der Waals surface area contributed by atoms with Gasteiger partial charge in [0.15, 0.2) is 0 Å². The highest BCUT2D eigenvalue weighted by atomic mass is 32.1. The summed E-state index contributed by atoms with van der Waals surface area (Å²) < 4.78 is 0. The van der Waals surface area contributed by atoms with Gasteiger partial charge in [-0.3, -0.25) is 4.79 Å². The standard InChI is InChI=1S/C20H22N2OS2/c1-20(2,3)13-6-8-15-16(12-21)19(25-17(15)11-13)22-18(23)9-7-14-5-4-10-24-14/h4-5,7,9-10,13H,6,8,11H2,1-3H3,(H,22,23)/b9-7+/t13-/m1/s1. The van der Waals surface area contributed by atoms with Crippen LogP contribution < -0.4 is 5.32 Å². The topological polar surface area (TPSA) is 52.9 Å². The third-order valence-electron chi connectivity index (χ3n) is 4.78. The normalized spacial score (nSPS) is 17.3. The van der Waals surface area contributed by atoms with E-state index in [0.717, 1.165) is 29.7 Å². The van der Waals surface area contributed by atoms with Crippen molar-refractivity contribution in [3.8, 4) is 6.07 Å². The van der Waals surface area contributed by atoms with E-state index < -0.39 is 0 Å². The lowest BCUT2D eigenvalue weighted by molar-refractivity contribution is -0.111. The molecule has 0 unspecified atom stereocenters. The maximum absolute atomic E-state index is 12.2. The number of rotatable bonds is 3. The minimum absolute atomic E-state index is 0.184. The molecule has 0 fully saturated rings. The minimum Gasteiger partial charge on any atom is -0.313 e. The van der Waals surface area contributed by atoms with Crippen molar-refractivity contribution in [2.75, 3.05) is 5.32 Å². The highest BCUT2D eigenvalue weighted by molar-refractivity contribution is 7.16. The predicted octanol–water partition coefficient (Wildman–Crippen LogP) is 5.48. The van der Waals surface area contributed by atoms with Crippen LogP contribution in [0.3, 0.4) is 0 Å². The Morgan fingerprint density at radius 2 is 2.24 bits per heavy atom. The Bertz CT molecular complexity index is 832. The molecule has 0 saturated carbocycles. The number of carbonyl (C=O) groups excluding carboxylic acids is 1. The van der Waals surface area contributed by atoms with Crippen molar-refractivity contribution in [1.82, 2.24) is 0 Å². The van der Waals surface area contributed by atoms with Crippen LogP contribution >= 0.6 is 22.7 Å². The number of nitrogens with one attached hydrogen (secondary N) is 1. The van der Waals surface area contributed by atoms with Gasteiger partial charge in [0.2, 0.25) is 5.91 Å². The second-order valence-electron chi connectivity index (χ2n) is 7.46. The summed E-state index contributed by atoms with van der Waals surface area (Å²) >= 11 is 3.16. The first kappa shape index (κ1) is 17.9. The van der Waals surface area contributed by atoms with Gasteiger partial charge in [-0.15, -0.1) is 22.7 Å². The Kier molecular flexibility index (Phi) is 5.12. The molecule has 3 nitrogen and oxygen atoms in total. The predicted molar refractivity (Wildman–Crippen MR) is 106 cm³/mol. The maximum Gasteiger partial charge on any atom is 0.249 e. The average Bonchev–Trinajstić information content (AvgIpc) is 3.18. The van der Waals surface area contributed by atoms with Gasteiger partial charge in [0, 0.05) is 15.8 Å². The fraction of sp³-hybridized carbons (Fsp3) is 0.400. The Hall–Kier alpha value is -1.90. The van der Waals surface area contributed by atoms with Gasteiger partial charge in [-0.25, -0.2) is 0 Å². The summed E-state index contributed by atoms with van der Waals surface area (Å²) in [5.41, 5.74) is 2.07. The highest BCUT2D eigenvalue weighted by Crippen LogP contribution is 2.43. The molecule has 25 heavy (non-hydrogen) atoms. The first-order valence-electron chi connectivity index (χ1n) is 8.45. The molecule has 130 valence electrons. The van der Waals surface area contributed by atoms with Crippen molar-refractivity contribution < 1.29 is 4.79 Å². The smallest absolute Gasteiger partial charge is 0.249 e. The molecule has 0 aromatic carbocycles. The van der Waals surface area contributed by atoms with E-state index in [9.17, 15) is 10.1 Å². The SMILES string of the molecule is CC(C)(C)[C@@H]1CCc2c(sc(NC(=O)/C=C/c3cccs3)c2C#N)C1. The van der Waals surface area contributed by atoms with Crippen LogP contribution in [0.5, 0.6) is 0 Å². The molecule has 0 aliphatic heterocycles. The van der Waals surface area contributed by atoms with Gasteiger partial charge in [-0.2, -0.15) is 5.26 Å². The van der Waals surface area contributed by atoms with Crippen molar-refractivity contribution in [3.05, 3.63) is 44.5 Å². The fourth-order valence-electron chi connectivity index (χ4n) is 3.23. The maximum atomic E-state index is 12.2. The van der Waals surface area contributed by atoms with Gasteiger partial charge in [-0.1, -0.05) is 26.8 Å². The molecule has 2 heterocycles. The quantitative estimate of drug-likeness (QED) is 0.727. The van der Waals surface area contributed by atoms with Gasteiger partial charge in [0.25, 0.3) is 0 Å². The zero-order valence-corrected chi connectivity index (χ0v) is 16.4. The van der Waals surface area contributed by atoms with Crippen molar-refractivity contribution in [2.24, 2.45) is 11.3 Å². The first-order chi connectivity index (χ1) is 11.9. The Balaban J connectivity index is 1.78. The summed E-state index contributed by atoms with van der Waals surface area (Å²) in [7, 11) is 0. The van der Waals surface area contributed by atoms with Crippen LogP contribution in [0.1, 0.15) is 48.1 Å². The molecule has 5 heteroatoms. The average molecular weight is 371 g/mol. The molecule has 0 radical (unpaired) electrons. The lowest BCUT2D eigenvalue weighted by atomic mass is 9.72. The first-order valence-corrected chi connectivity index (χ1v) is 10.2. The van der Waals surface area contributed by atoms with Crippen LogP contribution in [0.25, 0.3) is 6.08 Å². The molecular weight excluding hydrogens is 348 g/mol. The number of fused-ring (bicyclic) bond motifs is 1. The Morgan fingerprint density at radius 1 is 1.44 bits per heavy atom. The van der Waals surface area contributed by atoms with Crippen LogP contribution in [-0.2, 0) is 17.6 Å². The molecule has 0 spiro atoms. The lowest BCUT2D eigenvalue weighted by Gasteiger charge is -2.33. The number of nitrogens with zero attached hydrogens (tertiary/aromatic N) is 1. The molecular formula is C20H22N2OS2. The molecule has 0 saturated heterocycles. The number of anilines is 1. The Labute approximate surface area is 157 Å². The number of hydrogen-bond acceptors (Lipinski definition) is 4. The van der Waals surface area contributed by atoms with Gasteiger partial charge in [-0.05, 0) is 53.7 Å². The van der Waals surface area contributed by atoms with E-state index in [1.807, 2.05) is 17.5 Å². The summed E-state index contributed by atoms with van der Waals surface area (Å²) in [6.07, 6.45) is 6.36. The van der Waals surface area contributed by atoms with Crippen molar-refractivity contribution in [3.63, 3.8) is 0 Å². The zero-order valence-electron chi connectivity index (χ0n) is 14.8. The number of hydrogen-bond donors (Lipinski definition) is 1. The fourth-order valence-corrected chi connectivity index (χ4v) is 5.13. The highest BCUT2D eigenvalue weighted by Gasteiger charge is 2.32. The van der Waals surface area contributed by atoms with Gasteiger partial charge < -0.3 is 5.32 Å². The molecule has 2 aromatic heterocycles. The Morgan fingerprint density at radius 3 is 2.88 bits per heavy atom. The van der Waals surface area contributed by atoms with E-state index >= 15 is 0 Å². The summed E-state index contributed by atoms with van der Waals surface area (Å²) in [4.78, 5) is 14.5. The third kappa shape index (κ3) is 4.02. The molecule has 3 rings (SSSR count). The van der Waals surface area contributed by atoms with Crippen LogP contribution in [-0.4, -0.2) is 5.91 Å².